The van der Waals surface area contributed by atoms with Crippen molar-refractivity contribution in [3.05, 3.63) is 29.8 Å². The molecule has 6 heteroatoms. The molecule has 108 valence electrons. The van der Waals surface area contributed by atoms with E-state index in [1.165, 1.54) is 0 Å². The van der Waals surface area contributed by atoms with Crippen LogP contribution in [-0.2, 0) is 4.79 Å². The molecule has 2 atom stereocenters. The van der Waals surface area contributed by atoms with Gasteiger partial charge in [-0.3, -0.25) is 4.79 Å². The Morgan fingerprint density at radius 1 is 1.55 bits per heavy atom. The summed E-state index contributed by atoms with van der Waals surface area (Å²) in [5, 5.41) is 7.99. The summed E-state index contributed by atoms with van der Waals surface area (Å²) in [6, 6.07) is 6.63. The second kappa shape index (κ2) is 6.27. The van der Waals surface area contributed by atoms with Crippen LogP contribution in [0, 0.1) is 0 Å². The van der Waals surface area contributed by atoms with Crippen LogP contribution in [0.4, 0.5) is 4.79 Å². The molecule has 1 fully saturated rings. The smallest absolute Gasteiger partial charge is 0.315 e. The molecular formula is C14H19N3O3. The van der Waals surface area contributed by atoms with Crippen LogP contribution < -0.4 is 20.7 Å². The predicted molar refractivity (Wildman–Crippen MR) is 74.5 cm³/mol. The largest absolute Gasteiger partial charge is 0.494 e. The monoisotopic (exact) mass is 277 g/mol. The molecule has 1 aromatic rings. The van der Waals surface area contributed by atoms with E-state index in [1.807, 2.05) is 38.1 Å². The van der Waals surface area contributed by atoms with Crippen molar-refractivity contribution in [1.29, 1.82) is 0 Å². The molecule has 1 saturated heterocycles. The third kappa shape index (κ3) is 3.40. The number of benzene rings is 1. The van der Waals surface area contributed by atoms with Crippen molar-refractivity contribution in [2.24, 2.45) is 0 Å². The lowest BCUT2D eigenvalue weighted by atomic mass is 10.1. The zero-order valence-electron chi connectivity index (χ0n) is 11.6. The maximum Gasteiger partial charge on any atom is 0.315 e. The molecule has 0 saturated carbocycles. The van der Waals surface area contributed by atoms with E-state index < -0.39 is 6.04 Å². The van der Waals surface area contributed by atoms with Crippen LogP contribution in [0.25, 0.3) is 0 Å². The first kappa shape index (κ1) is 14.2. The fourth-order valence-electron chi connectivity index (χ4n) is 2.05. The second-order valence-corrected chi connectivity index (χ2v) is 4.64. The van der Waals surface area contributed by atoms with Gasteiger partial charge in [0.25, 0.3) is 0 Å². The van der Waals surface area contributed by atoms with Gasteiger partial charge in [0.2, 0.25) is 5.91 Å². The van der Waals surface area contributed by atoms with E-state index in [1.54, 1.807) is 0 Å². The van der Waals surface area contributed by atoms with Crippen molar-refractivity contribution >= 4 is 11.9 Å². The molecule has 0 bridgehead atoms. The molecular weight excluding hydrogens is 258 g/mol. The summed E-state index contributed by atoms with van der Waals surface area (Å²) < 4.78 is 5.44. The maximum atomic E-state index is 12.0. The molecule has 2 rings (SSSR count). The first-order valence-corrected chi connectivity index (χ1v) is 6.67. The summed E-state index contributed by atoms with van der Waals surface area (Å²) in [6.45, 7) is 4.74. The normalized spacial score (nSPS) is 18.9. The van der Waals surface area contributed by atoms with Crippen LogP contribution in [0.1, 0.15) is 25.5 Å². The summed E-state index contributed by atoms with van der Waals surface area (Å²) in [5.41, 5.74) is 0.960. The van der Waals surface area contributed by atoms with Crippen LogP contribution in [0.2, 0.25) is 0 Å². The predicted octanol–water partition coefficient (Wildman–Crippen LogP) is 0.944. The summed E-state index contributed by atoms with van der Waals surface area (Å²) in [5.74, 6) is 0.583. The van der Waals surface area contributed by atoms with Crippen molar-refractivity contribution in [3.63, 3.8) is 0 Å². The van der Waals surface area contributed by atoms with E-state index in [0.717, 1.165) is 11.3 Å². The number of rotatable bonds is 5. The van der Waals surface area contributed by atoms with Gasteiger partial charge in [-0.15, -0.1) is 0 Å². The number of ether oxygens (including phenoxy) is 1. The van der Waals surface area contributed by atoms with Gasteiger partial charge in [-0.25, -0.2) is 4.79 Å². The number of nitrogens with one attached hydrogen (secondary N) is 3. The molecule has 3 N–H and O–H groups in total. The molecule has 3 amide bonds. The Hall–Kier alpha value is -2.24. The molecule has 0 unspecified atom stereocenters. The van der Waals surface area contributed by atoms with E-state index >= 15 is 0 Å². The number of carbonyl (C=O) groups excluding carboxylic acids is 2. The minimum atomic E-state index is -0.514. The molecule has 1 heterocycles. The topological polar surface area (TPSA) is 79.5 Å². The average Bonchev–Trinajstić information content (AvgIpc) is 2.86. The lowest BCUT2D eigenvalue weighted by Gasteiger charge is -2.17. The van der Waals surface area contributed by atoms with Crippen LogP contribution >= 0.6 is 0 Å². The van der Waals surface area contributed by atoms with Crippen molar-refractivity contribution < 1.29 is 14.3 Å². The number of hydrogen-bond donors (Lipinski definition) is 3. The minimum absolute atomic E-state index is 0.152. The molecule has 20 heavy (non-hydrogen) atoms. The van der Waals surface area contributed by atoms with Gasteiger partial charge in [0.1, 0.15) is 11.8 Å². The summed E-state index contributed by atoms with van der Waals surface area (Å²) in [7, 11) is 0. The summed E-state index contributed by atoms with van der Waals surface area (Å²) >= 11 is 0. The van der Waals surface area contributed by atoms with Crippen molar-refractivity contribution in [2.45, 2.75) is 25.9 Å². The molecule has 1 aliphatic heterocycles. The number of amides is 3. The number of urea groups is 1. The highest BCUT2D eigenvalue weighted by Gasteiger charge is 2.27. The lowest BCUT2D eigenvalue weighted by molar-refractivity contribution is -0.123. The van der Waals surface area contributed by atoms with Gasteiger partial charge in [0.05, 0.1) is 12.6 Å². The zero-order valence-corrected chi connectivity index (χ0v) is 11.6. The van der Waals surface area contributed by atoms with E-state index in [-0.39, 0.29) is 18.0 Å². The first-order chi connectivity index (χ1) is 9.60. The Balaban J connectivity index is 1.97. The fraction of sp³-hybridized carbons (Fsp3) is 0.429. The van der Waals surface area contributed by atoms with Crippen molar-refractivity contribution in [3.8, 4) is 5.75 Å². The van der Waals surface area contributed by atoms with E-state index in [4.69, 9.17) is 4.74 Å². The van der Waals surface area contributed by atoms with E-state index in [2.05, 4.69) is 16.0 Å². The maximum absolute atomic E-state index is 12.0. The first-order valence-electron chi connectivity index (χ1n) is 6.67. The van der Waals surface area contributed by atoms with Gasteiger partial charge in [0, 0.05) is 6.54 Å². The summed E-state index contributed by atoms with van der Waals surface area (Å²) in [6.07, 6.45) is 0. The average molecular weight is 277 g/mol. The Morgan fingerprint density at radius 3 is 3.00 bits per heavy atom. The van der Waals surface area contributed by atoms with Gasteiger partial charge in [-0.2, -0.15) is 0 Å². The van der Waals surface area contributed by atoms with Crippen LogP contribution in [0.3, 0.4) is 0 Å². The molecule has 0 spiro atoms. The minimum Gasteiger partial charge on any atom is -0.494 e. The Morgan fingerprint density at radius 2 is 2.35 bits per heavy atom. The van der Waals surface area contributed by atoms with Gasteiger partial charge in [-0.05, 0) is 31.5 Å². The van der Waals surface area contributed by atoms with E-state index in [0.29, 0.717) is 13.2 Å². The van der Waals surface area contributed by atoms with Crippen molar-refractivity contribution in [1.82, 2.24) is 16.0 Å². The van der Waals surface area contributed by atoms with E-state index in [9.17, 15) is 9.59 Å². The number of carbonyl (C=O) groups is 2. The molecule has 6 nitrogen and oxygen atoms in total. The van der Waals surface area contributed by atoms with Gasteiger partial charge in [0.15, 0.2) is 0 Å². The molecule has 1 aliphatic rings. The quantitative estimate of drug-likeness (QED) is 0.749. The van der Waals surface area contributed by atoms with Crippen molar-refractivity contribution in [2.75, 3.05) is 13.2 Å². The van der Waals surface area contributed by atoms with Gasteiger partial charge in [-0.1, -0.05) is 12.1 Å². The highest BCUT2D eigenvalue weighted by molar-refractivity contribution is 5.90. The van der Waals surface area contributed by atoms with Gasteiger partial charge < -0.3 is 20.7 Å². The SMILES string of the molecule is CCOc1cccc([C@@H](C)NC(=O)[C@@H]2CNC(=O)N2)c1. The third-order valence-corrected chi connectivity index (χ3v) is 3.12. The lowest BCUT2D eigenvalue weighted by Crippen LogP contribution is -2.43. The molecule has 0 aromatic heterocycles. The second-order valence-electron chi connectivity index (χ2n) is 4.64. The highest BCUT2D eigenvalue weighted by Crippen LogP contribution is 2.19. The highest BCUT2D eigenvalue weighted by atomic mass is 16.5. The van der Waals surface area contributed by atoms with Crippen LogP contribution in [0.5, 0.6) is 5.75 Å². The van der Waals surface area contributed by atoms with Gasteiger partial charge >= 0.3 is 6.03 Å². The Bertz CT molecular complexity index is 504. The molecule has 0 aliphatic carbocycles. The molecule has 1 aromatic carbocycles. The molecule has 0 radical (unpaired) electrons. The fourth-order valence-corrected chi connectivity index (χ4v) is 2.05. The number of hydrogen-bond acceptors (Lipinski definition) is 3. The standard InChI is InChI=1S/C14H19N3O3/c1-3-20-11-6-4-5-10(7-11)9(2)16-13(18)12-8-15-14(19)17-12/h4-7,9,12H,3,8H2,1-2H3,(H,16,18)(H2,15,17,19)/t9-,12+/m1/s1. The zero-order chi connectivity index (χ0) is 14.5. The Kier molecular flexibility index (Phi) is 4.45. The summed E-state index contributed by atoms with van der Waals surface area (Å²) in [4.78, 5) is 23.0. The Labute approximate surface area is 117 Å². The van der Waals surface area contributed by atoms with Crippen LogP contribution in [-0.4, -0.2) is 31.1 Å². The third-order valence-electron chi connectivity index (χ3n) is 3.12. The van der Waals surface area contributed by atoms with Crippen LogP contribution in [0.15, 0.2) is 24.3 Å².